The molecule has 5 rings (SSSR count). The first-order chi connectivity index (χ1) is 12.3. The fourth-order valence-electron chi connectivity index (χ4n) is 3.40. The van der Waals surface area contributed by atoms with Crippen LogP contribution in [0.1, 0.15) is 11.1 Å². The van der Waals surface area contributed by atoms with E-state index >= 15 is 0 Å². The van der Waals surface area contributed by atoms with Gasteiger partial charge in [0.2, 0.25) is 0 Å². The zero-order chi connectivity index (χ0) is 16.8. The van der Waals surface area contributed by atoms with Crippen LogP contribution in [-0.4, -0.2) is 12.9 Å². The molecule has 0 saturated carbocycles. The van der Waals surface area contributed by atoms with Crippen molar-refractivity contribution in [3.05, 3.63) is 82.2 Å². The second kappa shape index (κ2) is 5.71. The fraction of sp³-hybridized carbons (Fsp3) is 0.0909. The zero-order valence-electron chi connectivity index (χ0n) is 13.8. The number of hydrogen-bond donors (Lipinski definition) is 0. The molecule has 3 aromatic rings. The summed E-state index contributed by atoms with van der Waals surface area (Å²) in [5.41, 5.74) is 3.73. The van der Waals surface area contributed by atoms with E-state index in [0.29, 0.717) is 0 Å². The number of methoxy groups -OCH3 is 1. The lowest BCUT2D eigenvalue weighted by molar-refractivity contribution is 0.415. The summed E-state index contributed by atoms with van der Waals surface area (Å²) < 4.78 is 11.5. The molecule has 0 bridgehead atoms. The van der Waals surface area contributed by atoms with Crippen molar-refractivity contribution >= 4 is 23.4 Å². The Morgan fingerprint density at radius 2 is 1.80 bits per heavy atom. The number of para-hydroxylation sites is 1. The third kappa shape index (κ3) is 2.35. The van der Waals surface area contributed by atoms with Gasteiger partial charge in [0.05, 0.1) is 12.0 Å². The summed E-state index contributed by atoms with van der Waals surface area (Å²) in [7, 11) is 1.70. The molecule has 0 amide bonds. The highest BCUT2D eigenvalue weighted by Crippen LogP contribution is 2.37. The van der Waals surface area contributed by atoms with Gasteiger partial charge in [-0.2, -0.15) is 0 Å². The second-order valence-electron chi connectivity index (χ2n) is 6.14. The van der Waals surface area contributed by atoms with Crippen LogP contribution >= 0.6 is 11.8 Å². The van der Waals surface area contributed by atoms with Crippen LogP contribution in [0.4, 0.5) is 0 Å². The lowest BCUT2D eigenvalue weighted by Crippen LogP contribution is -2.17. The molecule has 0 saturated heterocycles. The molecule has 2 nitrogen and oxygen atoms in total. The molecular formula is C22H16O2S. The van der Waals surface area contributed by atoms with Crippen molar-refractivity contribution < 1.29 is 9.47 Å². The SMILES string of the molecule is COc1ccc(C2=c3ccc4c(c3SC2)Oc2ccccc2C=4)cc1. The van der Waals surface area contributed by atoms with Crippen molar-refractivity contribution in [2.24, 2.45) is 0 Å². The quantitative estimate of drug-likeness (QED) is 0.549. The van der Waals surface area contributed by atoms with Crippen molar-refractivity contribution in [1.29, 1.82) is 0 Å². The van der Waals surface area contributed by atoms with E-state index in [2.05, 4.69) is 36.4 Å². The third-order valence-electron chi connectivity index (χ3n) is 4.71. The summed E-state index contributed by atoms with van der Waals surface area (Å²) in [6, 6.07) is 20.9. The van der Waals surface area contributed by atoms with Gasteiger partial charge in [-0.15, -0.1) is 11.8 Å². The van der Waals surface area contributed by atoms with Gasteiger partial charge in [0.1, 0.15) is 17.2 Å². The van der Waals surface area contributed by atoms with Crippen LogP contribution in [0.3, 0.4) is 0 Å². The Morgan fingerprint density at radius 3 is 2.64 bits per heavy atom. The molecule has 0 unspecified atom stereocenters. The Balaban J connectivity index is 1.69. The molecule has 0 spiro atoms. The Labute approximate surface area is 150 Å². The predicted molar refractivity (Wildman–Crippen MR) is 102 cm³/mol. The predicted octanol–water partition coefficient (Wildman–Crippen LogP) is 3.93. The molecule has 122 valence electrons. The zero-order valence-corrected chi connectivity index (χ0v) is 14.6. The molecule has 2 aliphatic rings. The summed E-state index contributed by atoms with van der Waals surface area (Å²) in [4.78, 5) is 1.24. The van der Waals surface area contributed by atoms with Gasteiger partial charge in [-0.05, 0) is 40.6 Å². The molecular weight excluding hydrogens is 328 g/mol. The fourth-order valence-corrected chi connectivity index (χ4v) is 4.65. The van der Waals surface area contributed by atoms with E-state index < -0.39 is 0 Å². The molecule has 25 heavy (non-hydrogen) atoms. The topological polar surface area (TPSA) is 18.5 Å². The van der Waals surface area contributed by atoms with Crippen molar-refractivity contribution in [3.63, 3.8) is 0 Å². The Morgan fingerprint density at radius 1 is 0.960 bits per heavy atom. The summed E-state index contributed by atoms with van der Waals surface area (Å²) in [6.07, 6.45) is 2.21. The number of ether oxygens (including phenoxy) is 2. The molecule has 3 aromatic carbocycles. The van der Waals surface area contributed by atoms with Crippen LogP contribution in [0.15, 0.2) is 65.6 Å². The third-order valence-corrected chi connectivity index (χ3v) is 5.84. The summed E-state index contributed by atoms with van der Waals surface area (Å²) in [5.74, 6) is 3.77. The van der Waals surface area contributed by atoms with E-state index in [1.807, 2.05) is 42.1 Å². The smallest absolute Gasteiger partial charge is 0.148 e. The minimum atomic E-state index is 0.884. The van der Waals surface area contributed by atoms with Gasteiger partial charge in [-0.1, -0.05) is 42.5 Å². The molecule has 3 heteroatoms. The maximum atomic E-state index is 6.26. The summed E-state index contributed by atoms with van der Waals surface area (Å²) in [6.45, 7) is 0. The monoisotopic (exact) mass is 344 g/mol. The Hall–Kier alpha value is -2.65. The Kier molecular flexibility index (Phi) is 3.35. The van der Waals surface area contributed by atoms with E-state index in [0.717, 1.165) is 33.8 Å². The molecule has 2 heterocycles. The first-order valence-corrected chi connectivity index (χ1v) is 9.24. The minimum absolute atomic E-state index is 0.884. The molecule has 0 fully saturated rings. The van der Waals surface area contributed by atoms with Crippen LogP contribution in [0, 0.1) is 0 Å². The van der Waals surface area contributed by atoms with Gasteiger partial charge < -0.3 is 9.47 Å². The van der Waals surface area contributed by atoms with Gasteiger partial charge in [-0.3, -0.25) is 0 Å². The van der Waals surface area contributed by atoms with Crippen molar-refractivity contribution in [2.45, 2.75) is 4.90 Å². The maximum absolute atomic E-state index is 6.26. The second-order valence-corrected chi connectivity index (χ2v) is 7.13. The van der Waals surface area contributed by atoms with E-state index in [4.69, 9.17) is 9.47 Å². The van der Waals surface area contributed by atoms with Gasteiger partial charge in [0.15, 0.2) is 0 Å². The number of hydrogen-bond acceptors (Lipinski definition) is 3. The molecule has 0 radical (unpaired) electrons. The standard InChI is InChI=1S/C22H16O2S/c1-23-17-9-6-14(7-10-17)19-13-25-22-18(19)11-8-16-12-15-4-2-3-5-20(15)24-21(16)22/h2-12H,13H2,1H3. The lowest BCUT2D eigenvalue weighted by Gasteiger charge is -2.16. The van der Waals surface area contributed by atoms with E-state index in [-0.39, 0.29) is 0 Å². The van der Waals surface area contributed by atoms with Gasteiger partial charge in [0.25, 0.3) is 0 Å². The van der Waals surface area contributed by atoms with Crippen LogP contribution in [0.25, 0.3) is 11.6 Å². The average molecular weight is 344 g/mol. The molecule has 0 N–H and O–H groups in total. The van der Waals surface area contributed by atoms with Crippen molar-refractivity contribution in [1.82, 2.24) is 0 Å². The average Bonchev–Trinajstić information content (AvgIpc) is 3.11. The normalized spacial score (nSPS) is 14.0. The lowest BCUT2D eigenvalue weighted by atomic mass is 10.0. The highest BCUT2D eigenvalue weighted by Gasteiger charge is 2.21. The number of thioether (sulfide) groups is 1. The highest BCUT2D eigenvalue weighted by atomic mass is 32.2. The largest absolute Gasteiger partial charge is 0.497 e. The van der Waals surface area contributed by atoms with Crippen LogP contribution in [-0.2, 0) is 0 Å². The van der Waals surface area contributed by atoms with E-state index in [1.165, 1.54) is 21.3 Å². The number of benzene rings is 3. The highest BCUT2D eigenvalue weighted by molar-refractivity contribution is 8.00. The van der Waals surface area contributed by atoms with Crippen LogP contribution in [0.2, 0.25) is 0 Å². The number of rotatable bonds is 2. The molecule has 0 atom stereocenters. The van der Waals surface area contributed by atoms with Crippen molar-refractivity contribution in [3.8, 4) is 17.2 Å². The minimum Gasteiger partial charge on any atom is -0.497 e. The Bertz CT molecular complexity index is 1100. The van der Waals surface area contributed by atoms with Crippen molar-refractivity contribution in [2.75, 3.05) is 12.9 Å². The van der Waals surface area contributed by atoms with Crippen LogP contribution < -0.4 is 19.9 Å². The summed E-state index contributed by atoms with van der Waals surface area (Å²) in [5, 5.41) is 2.43. The molecule has 0 aromatic heterocycles. The molecule has 0 aliphatic carbocycles. The molecule has 2 aliphatic heterocycles. The van der Waals surface area contributed by atoms with Crippen LogP contribution in [0.5, 0.6) is 17.2 Å². The maximum Gasteiger partial charge on any atom is 0.148 e. The van der Waals surface area contributed by atoms with Gasteiger partial charge >= 0.3 is 0 Å². The number of fused-ring (bicyclic) bond motifs is 4. The first-order valence-electron chi connectivity index (χ1n) is 8.25. The van der Waals surface area contributed by atoms with Gasteiger partial charge in [0, 0.05) is 16.5 Å². The summed E-state index contributed by atoms with van der Waals surface area (Å²) >= 11 is 1.86. The first kappa shape index (κ1) is 14.7. The van der Waals surface area contributed by atoms with E-state index in [9.17, 15) is 0 Å². The van der Waals surface area contributed by atoms with E-state index in [1.54, 1.807) is 7.11 Å². The van der Waals surface area contributed by atoms with Gasteiger partial charge in [-0.25, -0.2) is 0 Å².